The lowest BCUT2D eigenvalue weighted by atomic mass is 10.2. The number of amides is 1. The number of nitrogens with zero attached hydrogens (tertiary/aromatic N) is 5. The summed E-state index contributed by atoms with van der Waals surface area (Å²) >= 11 is 0. The molecule has 2 aromatic carbocycles. The Morgan fingerprint density at radius 1 is 1.12 bits per heavy atom. The van der Waals surface area contributed by atoms with Gasteiger partial charge in [-0.3, -0.25) is 9.59 Å². The molecule has 10 nitrogen and oxygen atoms in total. The molecule has 2 heterocycles. The SMILES string of the molecule is COc1ccccc1-n1nc(C(=O)Nc2c(C#N)cnn2-c2ccccc2)c(O)cc1=O. The van der Waals surface area contributed by atoms with E-state index in [1.807, 2.05) is 12.1 Å². The number of carbonyl (C=O) groups is 1. The van der Waals surface area contributed by atoms with E-state index in [2.05, 4.69) is 15.5 Å². The number of ether oxygens (including phenoxy) is 1. The summed E-state index contributed by atoms with van der Waals surface area (Å²) in [6.07, 6.45) is 1.31. The highest BCUT2D eigenvalue weighted by Gasteiger charge is 2.22. The van der Waals surface area contributed by atoms with Gasteiger partial charge in [-0.2, -0.15) is 20.1 Å². The fraction of sp³-hybridized carbons (Fsp3) is 0.0455. The summed E-state index contributed by atoms with van der Waals surface area (Å²) in [4.78, 5) is 25.4. The second kappa shape index (κ2) is 8.45. The number of rotatable bonds is 5. The molecular formula is C22H16N6O4. The molecule has 0 spiro atoms. The summed E-state index contributed by atoms with van der Waals surface area (Å²) in [5.41, 5.74) is -0.0582. The Morgan fingerprint density at radius 2 is 1.84 bits per heavy atom. The van der Waals surface area contributed by atoms with Gasteiger partial charge in [0.1, 0.15) is 23.1 Å². The second-order valence-corrected chi connectivity index (χ2v) is 6.52. The van der Waals surface area contributed by atoms with Crippen LogP contribution in [0.25, 0.3) is 11.4 Å². The number of aromatic hydroxyl groups is 1. The van der Waals surface area contributed by atoms with Gasteiger partial charge in [-0.1, -0.05) is 30.3 Å². The van der Waals surface area contributed by atoms with Crippen molar-refractivity contribution in [3.05, 3.63) is 88.5 Å². The lowest BCUT2D eigenvalue weighted by molar-refractivity contribution is 0.101. The zero-order valence-corrected chi connectivity index (χ0v) is 16.8. The standard InChI is InChI=1S/C22H16N6O4/c1-32-18-10-6-5-9-16(18)28-19(30)11-17(29)20(26-28)22(31)25-21-14(12-23)13-24-27(21)15-7-3-2-4-8-15/h2-11,13,29H,1H3,(H,25,31). The van der Waals surface area contributed by atoms with Crippen molar-refractivity contribution in [1.29, 1.82) is 5.26 Å². The van der Waals surface area contributed by atoms with Crippen molar-refractivity contribution in [2.24, 2.45) is 0 Å². The predicted octanol–water partition coefficient (Wildman–Crippen LogP) is 2.26. The Balaban J connectivity index is 1.77. The van der Waals surface area contributed by atoms with Crippen LogP contribution in [-0.4, -0.2) is 37.7 Å². The lowest BCUT2D eigenvalue weighted by Gasteiger charge is -2.13. The van der Waals surface area contributed by atoms with E-state index in [0.29, 0.717) is 17.1 Å². The summed E-state index contributed by atoms with van der Waals surface area (Å²) in [6, 6.07) is 18.4. The van der Waals surface area contributed by atoms with E-state index >= 15 is 0 Å². The quantitative estimate of drug-likeness (QED) is 0.498. The first kappa shape index (κ1) is 20.4. The molecule has 2 N–H and O–H groups in total. The molecule has 0 radical (unpaired) electrons. The molecule has 0 unspecified atom stereocenters. The van der Waals surface area contributed by atoms with E-state index in [1.165, 1.54) is 18.0 Å². The van der Waals surface area contributed by atoms with E-state index in [9.17, 15) is 20.0 Å². The molecule has 4 aromatic rings. The number of benzene rings is 2. The fourth-order valence-corrected chi connectivity index (χ4v) is 3.07. The van der Waals surface area contributed by atoms with Crippen molar-refractivity contribution in [2.45, 2.75) is 0 Å². The lowest BCUT2D eigenvalue weighted by Crippen LogP contribution is -2.26. The van der Waals surface area contributed by atoms with Crippen LogP contribution in [0.5, 0.6) is 11.5 Å². The molecule has 158 valence electrons. The number of hydrogen-bond acceptors (Lipinski definition) is 7. The molecule has 0 fully saturated rings. The number of carbonyl (C=O) groups excluding carboxylic acids is 1. The van der Waals surface area contributed by atoms with E-state index in [4.69, 9.17) is 4.74 Å². The second-order valence-electron chi connectivity index (χ2n) is 6.52. The van der Waals surface area contributed by atoms with E-state index < -0.39 is 22.9 Å². The minimum atomic E-state index is -0.833. The van der Waals surface area contributed by atoms with E-state index in [-0.39, 0.29) is 11.4 Å². The number of aromatic nitrogens is 4. The molecule has 10 heteroatoms. The molecule has 0 aliphatic carbocycles. The van der Waals surface area contributed by atoms with E-state index in [0.717, 1.165) is 10.7 Å². The van der Waals surface area contributed by atoms with Gasteiger partial charge in [-0.25, -0.2) is 4.68 Å². The maximum atomic E-state index is 13.0. The Bertz CT molecular complexity index is 1400. The smallest absolute Gasteiger partial charge is 0.281 e. The highest BCUT2D eigenvalue weighted by atomic mass is 16.5. The Hall–Kier alpha value is -4.91. The minimum Gasteiger partial charge on any atom is -0.505 e. The molecule has 0 bridgehead atoms. The van der Waals surface area contributed by atoms with Crippen LogP contribution in [-0.2, 0) is 0 Å². The van der Waals surface area contributed by atoms with Crippen LogP contribution in [0.2, 0.25) is 0 Å². The molecule has 0 saturated heterocycles. The van der Waals surface area contributed by atoms with Crippen LogP contribution in [0.1, 0.15) is 16.1 Å². The monoisotopic (exact) mass is 428 g/mol. The Morgan fingerprint density at radius 3 is 2.56 bits per heavy atom. The van der Waals surface area contributed by atoms with Crippen LogP contribution in [0.15, 0.2) is 71.7 Å². The van der Waals surface area contributed by atoms with Gasteiger partial charge in [0, 0.05) is 6.07 Å². The zero-order valence-electron chi connectivity index (χ0n) is 16.8. The van der Waals surface area contributed by atoms with E-state index in [1.54, 1.807) is 48.5 Å². The van der Waals surface area contributed by atoms with Gasteiger partial charge in [0.25, 0.3) is 11.5 Å². The van der Waals surface area contributed by atoms with Crippen molar-refractivity contribution in [3.8, 4) is 28.9 Å². The third-order valence-electron chi connectivity index (χ3n) is 4.56. The molecule has 0 atom stereocenters. The number of para-hydroxylation sites is 3. The summed E-state index contributed by atoms with van der Waals surface area (Å²) in [5.74, 6) is -0.990. The molecule has 0 aliphatic rings. The Kier molecular flexibility index (Phi) is 5.38. The van der Waals surface area contributed by atoms with Crippen molar-refractivity contribution >= 4 is 11.7 Å². The van der Waals surface area contributed by atoms with Gasteiger partial charge in [0.15, 0.2) is 17.3 Å². The molecule has 32 heavy (non-hydrogen) atoms. The highest BCUT2D eigenvalue weighted by molar-refractivity contribution is 6.04. The largest absolute Gasteiger partial charge is 0.505 e. The Labute approximate surface area is 181 Å². The summed E-state index contributed by atoms with van der Waals surface area (Å²) in [5, 5.41) is 30.4. The van der Waals surface area contributed by atoms with Crippen molar-refractivity contribution in [3.63, 3.8) is 0 Å². The van der Waals surface area contributed by atoms with Crippen LogP contribution in [0, 0.1) is 11.3 Å². The highest BCUT2D eigenvalue weighted by Crippen LogP contribution is 2.23. The normalized spacial score (nSPS) is 10.4. The maximum Gasteiger partial charge on any atom is 0.281 e. The summed E-state index contributed by atoms with van der Waals surface area (Å²) in [7, 11) is 1.44. The van der Waals surface area contributed by atoms with Crippen LogP contribution < -0.4 is 15.6 Å². The van der Waals surface area contributed by atoms with Gasteiger partial charge >= 0.3 is 0 Å². The van der Waals surface area contributed by atoms with Crippen molar-refractivity contribution in [1.82, 2.24) is 19.6 Å². The van der Waals surface area contributed by atoms with Crippen molar-refractivity contribution in [2.75, 3.05) is 12.4 Å². The topological polar surface area (TPSA) is 135 Å². The molecule has 1 amide bonds. The molecule has 2 aromatic heterocycles. The number of nitriles is 1. The average molecular weight is 428 g/mol. The van der Waals surface area contributed by atoms with Gasteiger partial charge < -0.3 is 15.2 Å². The number of nitrogens with one attached hydrogen (secondary N) is 1. The number of methoxy groups -OCH3 is 1. The van der Waals surface area contributed by atoms with Crippen LogP contribution in [0.4, 0.5) is 5.82 Å². The zero-order chi connectivity index (χ0) is 22.7. The van der Waals surface area contributed by atoms with Crippen LogP contribution in [0.3, 0.4) is 0 Å². The summed E-state index contributed by atoms with van der Waals surface area (Å²) < 4.78 is 7.59. The first-order valence-corrected chi connectivity index (χ1v) is 9.35. The third kappa shape index (κ3) is 3.66. The van der Waals surface area contributed by atoms with Crippen molar-refractivity contribution < 1.29 is 14.6 Å². The van der Waals surface area contributed by atoms with Gasteiger partial charge in [0.05, 0.1) is 19.0 Å². The predicted molar refractivity (Wildman–Crippen MR) is 114 cm³/mol. The molecule has 4 rings (SSSR count). The maximum absolute atomic E-state index is 13.0. The number of hydrogen-bond donors (Lipinski definition) is 2. The first-order valence-electron chi connectivity index (χ1n) is 9.35. The summed E-state index contributed by atoms with van der Waals surface area (Å²) in [6.45, 7) is 0. The van der Waals surface area contributed by atoms with Gasteiger partial charge in [-0.05, 0) is 24.3 Å². The minimum absolute atomic E-state index is 0.0972. The van der Waals surface area contributed by atoms with Crippen LogP contribution >= 0.6 is 0 Å². The fourth-order valence-electron chi connectivity index (χ4n) is 3.07. The molecular weight excluding hydrogens is 412 g/mol. The molecule has 0 aliphatic heterocycles. The first-order chi connectivity index (χ1) is 15.5. The average Bonchev–Trinajstić information content (AvgIpc) is 3.22. The molecule has 0 saturated carbocycles. The third-order valence-corrected chi connectivity index (χ3v) is 4.56. The van der Waals surface area contributed by atoms with Gasteiger partial charge in [-0.15, -0.1) is 0 Å². The van der Waals surface area contributed by atoms with Gasteiger partial charge in [0.2, 0.25) is 0 Å². The number of anilines is 1.